The van der Waals surface area contributed by atoms with Crippen LogP contribution in [-0.2, 0) is 6.54 Å². The minimum Gasteiger partial charge on any atom is -0.490 e. The van der Waals surface area contributed by atoms with Crippen LogP contribution in [0.3, 0.4) is 0 Å². The minimum atomic E-state index is -0.634. The van der Waals surface area contributed by atoms with Gasteiger partial charge in [0, 0.05) is 11.6 Å². The molecule has 1 atom stereocenters. The van der Waals surface area contributed by atoms with Crippen LogP contribution in [0.5, 0.6) is 5.75 Å². The number of aliphatic hydroxyl groups is 1. The van der Waals surface area contributed by atoms with Crippen molar-refractivity contribution in [1.29, 1.82) is 0 Å². The van der Waals surface area contributed by atoms with Gasteiger partial charge in [-0.15, -0.1) is 5.10 Å². The zero-order chi connectivity index (χ0) is 14.7. The molecule has 0 saturated heterocycles. The Morgan fingerprint density at radius 2 is 2.00 bits per heavy atom. The lowest BCUT2D eigenvalue weighted by Crippen LogP contribution is -2.24. The summed E-state index contributed by atoms with van der Waals surface area (Å²) in [6, 6.07) is 13.9. The van der Waals surface area contributed by atoms with E-state index in [0.717, 1.165) is 22.2 Å². The van der Waals surface area contributed by atoms with Gasteiger partial charge in [-0.3, -0.25) is 0 Å². The van der Waals surface area contributed by atoms with Crippen LogP contribution < -0.4 is 4.74 Å². The lowest BCUT2D eigenvalue weighted by molar-refractivity contribution is 0.0895. The molecular formula is C16H17N3O2. The SMILES string of the molecule is Cc1cn(CC(O)COc2cccc3ccccc23)nn1. The average molecular weight is 283 g/mol. The molecule has 0 radical (unpaired) electrons. The molecule has 0 aliphatic carbocycles. The molecule has 1 aromatic heterocycles. The Hall–Kier alpha value is -2.40. The van der Waals surface area contributed by atoms with Crippen LogP contribution in [0, 0.1) is 6.92 Å². The fraction of sp³-hybridized carbons (Fsp3) is 0.250. The average Bonchev–Trinajstić information content (AvgIpc) is 2.90. The van der Waals surface area contributed by atoms with Crippen molar-refractivity contribution in [2.24, 2.45) is 0 Å². The Bertz CT molecular complexity index is 734. The number of aliphatic hydroxyl groups excluding tert-OH is 1. The van der Waals surface area contributed by atoms with Gasteiger partial charge >= 0.3 is 0 Å². The third-order valence-corrected chi connectivity index (χ3v) is 3.23. The number of aryl methyl sites for hydroxylation is 1. The molecule has 3 rings (SSSR count). The molecule has 5 nitrogen and oxygen atoms in total. The van der Waals surface area contributed by atoms with Gasteiger partial charge < -0.3 is 9.84 Å². The van der Waals surface area contributed by atoms with Gasteiger partial charge in [0.2, 0.25) is 0 Å². The summed E-state index contributed by atoms with van der Waals surface area (Å²) in [5, 5.41) is 20.0. The summed E-state index contributed by atoms with van der Waals surface area (Å²) in [4.78, 5) is 0. The molecule has 0 aliphatic heterocycles. The Morgan fingerprint density at radius 1 is 1.19 bits per heavy atom. The Balaban J connectivity index is 1.66. The maximum atomic E-state index is 10.0. The predicted octanol–water partition coefficient (Wildman–Crippen LogP) is 2.18. The van der Waals surface area contributed by atoms with Crippen LogP contribution in [0.25, 0.3) is 10.8 Å². The molecule has 3 aromatic rings. The van der Waals surface area contributed by atoms with Crippen molar-refractivity contribution >= 4 is 10.8 Å². The molecule has 21 heavy (non-hydrogen) atoms. The number of hydrogen-bond acceptors (Lipinski definition) is 4. The number of nitrogens with zero attached hydrogens (tertiary/aromatic N) is 3. The van der Waals surface area contributed by atoms with Crippen molar-refractivity contribution < 1.29 is 9.84 Å². The second-order valence-electron chi connectivity index (χ2n) is 5.02. The maximum Gasteiger partial charge on any atom is 0.127 e. The Labute approximate surface area is 122 Å². The standard InChI is InChI=1S/C16H17N3O2/c1-12-9-19(18-17-12)10-14(20)11-21-16-8-4-6-13-5-2-3-7-15(13)16/h2-9,14,20H,10-11H2,1H3. The summed E-state index contributed by atoms with van der Waals surface area (Å²) in [6.45, 7) is 2.45. The predicted molar refractivity (Wildman–Crippen MR) is 80.2 cm³/mol. The number of hydrogen-bond donors (Lipinski definition) is 1. The van der Waals surface area contributed by atoms with Crippen LogP contribution in [0.15, 0.2) is 48.7 Å². The number of fused-ring (bicyclic) bond motifs is 1. The van der Waals surface area contributed by atoms with Gasteiger partial charge in [-0.1, -0.05) is 41.6 Å². The summed E-state index contributed by atoms with van der Waals surface area (Å²) >= 11 is 0. The van der Waals surface area contributed by atoms with E-state index in [-0.39, 0.29) is 6.61 Å². The highest BCUT2D eigenvalue weighted by molar-refractivity contribution is 5.88. The monoisotopic (exact) mass is 283 g/mol. The van der Waals surface area contributed by atoms with Crippen molar-refractivity contribution in [2.75, 3.05) is 6.61 Å². The lowest BCUT2D eigenvalue weighted by atomic mass is 10.1. The summed E-state index contributed by atoms with van der Waals surface area (Å²) in [6.07, 6.45) is 1.16. The smallest absolute Gasteiger partial charge is 0.127 e. The number of benzene rings is 2. The summed E-state index contributed by atoms with van der Waals surface area (Å²) in [5.74, 6) is 0.780. The van der Waals surface area contributed by atoms with Gasteiger partial charge in [-0.05, 0) is 18.4 Å². The van der Waals surface area contributed by atoms with Crippen molar-refractivity contribution in [1.82, 2.24) is 15.0 Å². The minimum absolute atomic E-state index is 0.215. The molecule has 0 aliphatic rings. The highest BCUT2D eigenvalue weighted by Gasteiger charge is 2.09. The molecule has 1 heterocycles. The molecule has 0 saturated carbocycles. The number of rotatable bonds is 5. The maximum absolute atomic E-state index is 10.0. The van der Waals surface area contributed by atoms with E-state index in [1.807, 2.05) is 49.4 Å². The Morgan fingerprint density at radius 3 is 2.81 bits per heavy atom. The summed E-state index contributed by atoms with van der Waals surface area (Å²) in [5.41, 5.74) is 0.831. The first-order valence-corrected chi connectivity index (χ1v) is 6.88. The van der Waals surface area contributed by atoms with E-state index >= 15 is 0 Å². The van der Waals surface area contributed by atoms with Crippen molar-refractivity contribution in [3.05, 3.63) is 54.4 Å². The van der Waals surface area contributed by atoms with Crippen LogP contribution >= 0.6 is 0 Å². The van der Waals surface area contributed by atoms with E-state index in [1.165, 1.54) is 0 Å². The van der Waals surface area contributed by atoms with E-state index < -0.39 is 6.10 Å². The molecule has 2 aromatic carbocycles. The van der Waals surface area contributed by atoms with Crippen LogP contribution in [0.2, 0.25) is 0 Å². The molecular weight excluding hydrogens is 266 g/mol. The van der Waals surface area contributed by atoms with Gasteiger partial charge in [0.1, 0.15) is 18.5 Å². The third kappa shape index (κ3) is 3.20. The van der Waals surface area contributed by atoms with E-state index in [2.05, 4.69) is 10.3 Å². The summed E-state index contributed by atoms with van der Waals surface area (Å²) < 4.78 is 7.37. The van der Waals surface area contributed by atoms with Crippen LogP contribution in [-0.4, -0.2) is 32.8 Å². The fourth-order valence-corrected chi connectivity index (χ4v) is 2.26. The van der Waals surface area contributed by atoms with E-state index in [4.69, 9.17) is 4.74 Å². The molecule has 1 N–H and O–H groups in total. The largest absolute Gasteiger partial charge is 0.490 e. The molecule has 1 unspecified atom stereocenters. The molecule has 0 amide bonds. The molecule has 0 spiro atoms. The van der Waals surface area contributed by atoms with E-state index in [1.54, 1.807) is 10.9 Å². The van der Waals surface area contributed by atoms with Crippen molar-refractivity contribution in [3.8, 4) is 5.75 Å². The first-order valence-electron chi connectivity index (χ1n) is 6.88. The quantitative estimate of drug-likeness (QED) is 0.779. The highest BCUT2D eigenvalue weighted by atomic mass is 16.5. The van der Waals surface area contributed by atoms with Gasteiger partial charge in [0.25, 0.3) is 0 Å². The zero-order valence-corrected chi connectivity index (χ0v) is 11.8. The molecule has 0 bridgehead atoms. The normalized spacial score (nSPS) is 12.5. The number of aromatic nitrogens is 3. The van der Waals surface area contributed by atoms with Crippen LogP contribution in [0.1, 0.15) is 5.69 Å². The van der Waals surface area contributed by atoms with Gasteiger partial charge in [0.15, 0.2) is 0 Å². The van der Waals surface area contributed by atoms with Crippen molar-refractivity contribution in [3.63, 3.8) is 0 Å². The second kappa shape index (κ2) is 5.93. The highest BCUT2D eigenvalue weighted by Crippen LogP contribution is 2.25. The van der Waals surface area contributed by atoms with Crippen LogP contribution in [0.4, 0.5) is 0 Å². The molecule has 5 heteroatoms. The fourth-order valence-electron chi connectivity index (χ4n) is 2.26. The van der Waals surface area contributed by atoms with Crippen molar-refractivity contribution in [2.45, 2.75) is 19.6 Å². The first-order chi connectivity index (χ1) is 10.2. The lowest BCUT2D eigenvalue weighted by Gasteiger charge is -2.13. The van der Waals surface area contributed by atoms with Gasteiger partial charge in [-0.2, -0.15) is 0 Å². The van der Waals surface area contributed by atoms with E-state index in [0.29, 0.717) is 6.54 Å². The molecule has 108 valence electrons. The third-order valence-electron chi connectivity index (χ3n) is 3.23. The van der Waals surface area contributed by atoms with Gasteiger partial charge in [-0.25, -0.2) is 4.68 Å². The molecule has 0 fully saturated rings. The second-order valence-corrected chi connectivity index (χ2v) is 5.02. The zero-order valence-electron chi connectivity index (χ0n) is 11.8. The Kier molecular flexibility index (Phi) is 3.83. The topological polar surface area (TPSA) is 60.2 Å². The summed E-state index contributed by atoms with van der Waals surface area (Å²) in [7, 11) is 0. The van der Waals surface area contributed by atoms with Gasteiger partial charge in [0.05, 0.1) is 12.2 Å². The first kappa shape index (κ1) is 13.6. The van der Waals surface area contributed by atoms with E-state index in [9.17, 15) is 5.11 Å². The number of ether oxygens (including phenoxy) is 1.